The Bertz CT molecular complexity index is 516. The second kappa shape index (κ2) is 5.74. The van der Waals surface area contributed by atoms with Crippen LogP contribution in [-0.4, -0.2) is 30.8 Å². The Hall–Kier alpha value is -1.36. The third-order valence-electron chi connectivity index (χ3n) is 3.36. The first-order valence-electron chi connectivity index (χ1n) is 6.39. The van der Waals surface area contributed by atoms with Crippen molar-refractivity contribution in [2.24, 2.45) is 0 Å². The molecule has 1 atom stereocenters. The molecule has 1 saturated heterocycles. The molecule has 0 bridgehead atoms. The van der Waals surface area contributed by atoms with Crippen LogP contribution in [0, 0.1) is 0 Å². The zero-order valence-corrected chi connectivity index (χ0v) is 12.7. The summed E-state index contributed by atoms with van der Waals surface area (Å²) in [6, 6.07) is 5.42. The molecule has 1 aromatic rings. The Morgan fingerprint density at radius 1 is 1.53 bits per heavy atom. The molecule has 4 nitrogen and oxygen atoms in total. The highest BCUT2D eigenvalue weighted by molar-refractivity contribution is 9.10. The predicted octanol–water partition coefficient (Wildman–Crippen LogP) is 2.37. The van der Waals surface area contributed by atoms with E-state index in [1.165, 1.54) is 0 Å². The summed E-state index contributed by atoms with van der Waals surface area (Å²) in [5.41, 5.74) is 1.50. The molecule has 0 aliphatic carbocycles. The van der Waals surface area contributed by atoms with E-state index in [2.05, 4.69) is 21.2 Å². The van der Waals surface area contributed by atoms with Gasteiger partial charge in [0.05, 0.1) is 0 Å². The van der Waals surface area contributed by atoms with Gasteiger partial charge in [-0.05, 0) is 31.5 Å². The quantitative estimate of drug-likeness (QED) is 0.868. The van der Waals surface area contributed by atoms with Crippen LogP contribution < -0.4 is 10.2 Å². The van der Waals surface area contributed by atoms with Crippen molar-refractivity contribution in [1.82, 2.24) is 5.32 Å². The Balaban J connectivity index is 2.45. The summed E-state index contributed by atoms with van der Waals surface area (Å²) in [7, 11) is 0. The average Bonchev–Trinajstić information content (AvgIpc) is 2.38. The molecule has 1 heterocycles. The van der Waals surface area contributed by atoms with Gasteiger partial charge in [0.1, 0.15) is 6.04 Å². The van der Waals surface area contributed by atoms with E-state index in [1.807, 2.05) is 30.0 Å². The number of amides is 1. The highest BCUT2D eigenvalue weighted by atomic mass is 79.9. The summed E-state index contributed by atoms with van der Waals surface area (Å²) in [6.45, 7) is 4.88. The summed E-state index contributed by atoms with van der Waals surface area (Å²) >= 11 is 3.38. The first-order valence-corrected chi connectivity index (χ1v) is 7.18. The van der Waals surface area contributed by atoms with E-state index in [-0.39, 0.29) is 17.7 Å². The number of nitrogens with one attached hydrogen (secondary N) is 1. The van der Waals surface area contributed by atoms with Crippen molar-refractivity contribution in [2.45, 2.75) is 26.3 Å². The molecule has 102 valence electrons. The highest BCUT2D eigenvalue weighted by Crippen LogP contribution is 2.28. The molecule has 5 heteroatoms. The fourth-order valence-electron chi connectivity index (χ4n) is 2.45. The number of hydrogen-bond acceptors (Lipinski definition) is 3. The SMILES string of the molecule is CCC1C(=O)NCCN1c1ccc(Br)cc1C(C)=O. The van der Waals surface area contributed by atoms with Crippen LogP contribution >= 0.6 is 15.9 Å². The van der Waals surface area contributed by atoms with E-state index >= 15 is 0 Å². The molecule has 0 aromatic heterocycles. The molecule has 19 heavy (non-hydrogen) atoms. The Morgan fingerprint density at radius 2 is 2.26 bits per heavy atom. The van der Waals surface area contributed by atoms with Crippen LogP contribution in [-0.2, 0) is 4.79 Å². The molecule has 0 radical (unpaired) electrons. The molecule has 1 fully saturated rings. The lowest BCUT2D eigenvalue weighted by atomic mass is 10.0. The number of halogens is 1. The Morgan fingerprint density at radius 3 is 2.89 bits per heavy atom. The maximum atomic E-state index is 11.9. The number of Topliss-reactive ketones (excluding diaryl/α,β-unsaturated/α-hetero) is 1. The van der Waals surface area contributed by atoms with Crippen LogP contribution in [0.1, 0.15) is 30.6 Å². The van der Waals surface area contributed by atoms with Crippen LogP contribution in [0.15, 0.2) is 22.7 Å². The maximum absolute atomic E-state index is 11.9. The number of carbonyl (C=O) groups is 2. The summed E-state index contributed by atoms with van der Waals surface area (Å²) in [4.78, 5) is 25.7. The van der Waals surface area contributed by atoms with Gasteiger partial charge in [-0.2, -0.15) is 0 Å². The lowest BCUT2D eigenvalue weighted by Crippen LogP contribution is -2.55. The number of piperazine rings is 1. The van der Waals surface area contributed by atoms with Gasteiger partial charge in [0.2, 0.25) is 5.91 Å². The van der Waals surface area contributed by atoms with E-state index in [1.54, 1.807) is 6.92 Å². The van der Waals surface area contributed by atoms with Crippen LogP contribution in [0.4, 0.5) is 5.69 Å². The Kier molecular flexibility index (Phi) is 4.24. The zero-order valence-electron chi connectivity index (χ0n) is 11.1. The number of nitrogens with zero attached hydrogens (tertiary/aromatic N) is 1. The fourth-order valence-corrected chi connectivity index (χ4v) is 2.81. The van der Waals surface area contributed by atoms with Crippen LogP contribution in [0.5, 0.6) is 0 Å². The molecule has 0 spiro atoms. The van der Waals surface area contributed by atoms with Gasteiger partial charge in [0, 0.05) is 28.8 Å². The lowest BCUT2D eigenvalue weighted by molar-refractivity contribution is -0.123. The summed E-state index contributed by atoms with van der Waals surface area (Å²) < 4.78 is 0.871. The third-order valence-corrected chi connectivity index (χ3v) is 3.86. The van der Waals surface area contributed by atoms with Gasteiger partial charge in [-0.1, -0.05) is 22.9 Å². The van der Waals surface area contributed by atoms with E-state index in [9.17, 15) is 9.59 Å². The smallest absolute Gasteiger partial charge is 0.242 e. The molecule has 1 aliphatic heterocycles. The van der Waals surface area contributed by atoms with E-state index in [0.717, 1.165) is 23.1 Å². The maximum Gasteiger partial charge on any atom is 0.242 e. The van der Waals surface area contributed by atoms with Crippen molar-refractivity contribution in [2.75, 3.05) is 18.0 Å². The zero-order chi connectivity index (χ0) is 14.0. The molecule has 0 saturated carbocycles. The van der Waals surface area contributed by atoms with E-state index < -0.39 is 0 Å². The number of rotatable bonds is 3. The molecule has 1 amide bonds. The fraction of sp³-hybridized carbons (Fsp3) is 0.429. The van der Waals surface area contributed by atoms with Crippen molar-refractivity contribution in [3.8, 4) is 0 Å². The minimum atomic E-state index is -0.201. The topological polar surface area (TPSA) is 49.4 Å². The third kappa shape index (κ3) is 2.81. The molecular formula is C14H17BrN2O2. The monoisotopic (exact) mass is 324 g/mol. The van der Waals surface area contributed by atoms with Gasteiger partial charge in [0.15, 0.2) is 5.78 Å². The first kappa shape index (κ1) is 14.1. The summed E-state index contributed by atoms with van der Waals surface area (Å²) in [5, 5.41) is 2.87. The first-order chi connectivity index (χ1) is 9.04. The predicted molar refractivity (Wildman–Crippen MR) is 78.6 cm³/mol. The standard InChI is InChI=1S/C14H17BrN2O2/c1-3-12-14(19)16-6-7-17(12)13-5-4-10(15)8-11(13)9(2)18/h4-5,8,12H,3,6-7H2,1-2H3,(H,16,19). The molecule has 1 aromatic carbocycles. The number of benzene rings is 1. The van der Waals surface area contributed by atoms with Gasteiger partial charge in [0.25, 0.3) is 0 Å². The molecule has 2 rings (SSSR count). The second-order valence-electron chi connectivity index (χ2n) is 4.63. The normalized spacial score (nSPS) is 19.2. The van der Waals surface area contributed by atoms with Crippen molar-refractivity contribution in [1.29, 1.82) is 0 Å². The summed E-state index contributed by atoms with van der Waals surface area (Å²) in [6.07, 6.45) is 0.721. The largest absolute Gasteiger partial charge is 0.357 e. The van der Waals surface area contributed by atoms with Crippen molar-refractivity contribution < 1.29 is 9.59 Å². The van der Waals surface area contributed by atoms with Gasteiger partial charge in [-0.3, -0.25) is 9.59 Å². The van der Waals surface area contributed by atoms with Crippen LogP contribution in [0.3, 0.4) is 0 Å². The average molecular weight is 325 g/mol. The summed E-state index contributed by atoms with van der Waals surface area (Å²) in [5.74, 6) is 0.0447. The Labute approximate surface area is 121 Å². The number of hydrogen-bond donors (Lipinski definition) is 1. The number of ketones is 1. The number of anilines is 1. The van der Waals surface area contributed by atoms with Crippen molar-refractivity contribution >= 4 is 33.3 Å². The van der Waals surface area contributed by atoms with E-state index in [0.29, 0.717) is 12.1 Å². The number of carbonyl (C=O) groups excluding carboxylic acids is 2. The molecule has 1 unspecified atom stereocenters. The van der Waals surface area contributed by atoms with Gasteiger partial charge < -0.3 is 10.2 Å². The second-order valence-corrected chi connectivity index (χ2v) is 5.54. The van der Waals surface area contributed by atoms with Gasteiger partial charge in [-0.15, -0.1) is 0 Å². The van der Waals surface area contributed by atoms with Crippen LogP contribution in [0.2, 0.25) is 0 Å². The molecular weight excluding hydrogens is 308 g/mol. The molecule has 1 N–H and O–H groups in total. The minimum absolute atomic E-state index is 0.0112. The van der Waals surface area contributed by atoms with Crippen molar-refractivity contribution in [3.05, 3.63) is 28.2 Å². The van der Waals surface area contributed by atoms with Gasteiger partial charge in [-0.25, -0.2) is 0 Å². The van der Waals surface area contributed by atoms with E-state index in [4.69, 9.17) is 0 Å². The molecule has 1 aliphatic rings. The van der Waals surface area contributed by atoms with Crippen molar-refractivity contribution in [3.63, 3.8) is 0 Å². The minimum Gasteiger partial charge on any atom is -0.357 e. The van der Waals surface area contributed by atoms with Crippen LogP contribution in [0.25, 0.3) is 0 Å². The highest BCUT2D eigenvalue weighted by Gasteiger charge is 2.30. The van der Waals surface area contributed by atoms with Gasteiger partial charge >= 0.3 is 0 Å². The lowest BCUT2D eigenvalue weighted by Gasteiger charge is -2.37.